The normalized spacial score (nSPS) is 10.8. The molecule has 112 valence electrons. The van der Waals surface area contributed by atoms with E-state index in [0.29, 0.717) is 18.3 Å². The average molecular weight is 419 g/mol. The van der Waals surface area contributed by atoms with E-state index < -0.39 is 5.97 Å². The largest absolute Gasteiger partial charge is 0.481 e. The second kappa shape index (κ2) is 7.76. The fourth-order valence-corrected chi connectivity index (χ4v) is 2.76. The molecule has 6 nitrogen and oxygen atoms in total. The third-order valence-corrected chi connectivity index (χ3v) is 4.33. The number of aromatic nitrogens is 3. The van der Waals surface area contributed by atoms with Crippen molar-refractivity contribution in [3.8, 4) is 11.4 Å². The van der Waals surface area contributed by atoms with Crippen molar-refractivity contribution >= 4 is 40.3 Å². The number of carbonyl (C=O) groups is 1. The van der Waals surface area contributed by atoms with Gasteiger partial charge in [-0.3, -0.25) is 9.36 Å². The van der Waals surface area contributed by atoms with Crippen LogP contribution in [0.5, 0.6) is 0 Å². The number of hydrogen-bond acceptors (Lipinski definition) is 5. The molecular formula is C13H14IN3O3S. The number of rotatable bonds is 7. The number of carboxylic acid groups (broad SMARTS) is 1. The molecule has 0 fully saturated rings. The molecule has 0 aliphatic heterocycles. The van der Waals surface area contributed by atoms with Crippen molar-refractivity contribution in [2.75, 3.05) is 19.5 Å². The Morgan fingerprint density at radius 2 is 2.10 bits per heavy atom. The Morgan fingerprint density at radius 3 is 2.71 bits per heavy atom. The maximum absolute atomic E-state index is 10.7. The number of halogens is 1. The Hall–Kier alpha value is -1.13. The van der Waals surface area contributed by atoms with Gasteiger partial charge in [0.25, 0.3) is 0 Å². The molecule has 0 amide bonds. The molecule has 1 heterocycles. The number of benzene rings is 1. The maximum atomic E-state index is 10.7. The van der Waals surface area contributed by atoms with Crippen LogP contribution in [-0.4, -0.2) is 45.3 Å². The molecule has 0 saturated carbocycles. The second-order valence-corrected chi connectivity index (χ2v) is 6.33. The number of hydrogen-bond donors (Lipinski definition) is 1. The van der Waals surface area contributed by atoms with Gasteiger partial charge in [-0.15, -0.1) is 10.2 Å². The highest BCUT2D eigenvalue weighted by Crippen LogP contribution is 2.24. The minimum atomic E-state index is -0.878. The van der Waals surface area contributed by atoms with E-state index in [-0.39, 0.29) is 5.75 Å². The van der Waals surface area contributed by atoms with Gasteiger partial charge in [-0.05, 0) is 34.7 Å². The number of carboxylic acids is 1. The van der Waals surface area contributed by atoms with Crippen LogP contribution in [0, 0.1) is 3.57 Å². The Balaban J connectivity index is 2.31. The van der Waals surface area contributed by atoms with Crippen molar-refractivity contribution in [3.63, 3.8) is 0 Å². The first-order valence-electron chi connectivity index (χ1n) is 6.14. The van der Waals surface area contributed by atoms with Crippen LogP contribution in [-0.2, 0) is 16.1 Å². The average Bonchev–Trinajstić information content (AvgIpc) is 2.86. The summed E-state index contributed by atoms with van der Waals surface area (Å²) in [5, 5.41) is 17.7. The molecular weight excluding hydrogens is 405 g/mol. The highest BCUT2D eigenvalue weighted by atomic mass is 127. The van der Waals surface area contributed by atoms with E-state index in [1.807, 2.05) is 28.8 Å². The number of nitrogens with zero attached hydrogens (tertiary/aromatic N) is 3. The predicted octanol–water partition coefficient (Wildman–Crippen LogP) is 2.37. The minimum absolute atomic E-state index is 0.0438. The van der Waals surface area contributed by atoms with E-state index >= 15 is 0 Å². The molecule has 0 atom stereocenters. The second-order valence-electron chi connectivity index (χ2n) is 4.14. The molecule has 0 aliphatic carbocycles. The van der Waals surface area contributed by atoms with Gasteiger partial charge in [-0.25, -0.2) is 0 Å². The first-order valence-corrected chi connectivity index (χ1v) is 8.21. The van der Waals surface area contributed by atoms with Crippen LogP contribution >= 0.6 is 34.4 Å². The molecule has 0 unspecified atom stereocenters. The molecule has 0 aliphatic rings. The van der Waals surface area contributed by atoms with Gasteiger partial charge in [-0.1, -0.05) is 23.9 Å². The summed E-state index contributed by atoms with van der Waals surface area (Å²) < 4.78 is 8.13. The van der Waals surface area contributed by atoms with Gasteiger partial charge < -0.3 is 9.84 Å². The highest BCUT2D eigenvalue weighted by Gasteiger charge is 2.15. The van der Waals surface area contributed by atoms with Crippen LogP contribution in [0.25, 0.3) is 11.4 Å². The third kappa shape index (κ3) is 4.42. The van der Waals surface area contributed by atoms with E-state index in [2.05, 4.69) is 32.8 Å². The quantitative estimate of drug-likeness (QED) is 0.549. The lowest BCUT2D eigenvalue weighted by atomic mass is 10.2. The Bertz CT molecular complexity index is 616. The summed E-state index contributed by atoms with van der Waals surface area (Å²) in [6.45, 7) is 1.09. The molecule has 0 bridgehead atoms. The van der Waals surface area contributed by atoms with Crippen LogP contribution < -0.4 is 0 Å². The standard InChI is InChI=1S/C13H14IN3O3S/c1-20-7-6-17-12(9-2-4-10(14)5-3-9)15-16-13(17)21-8-11(18)19/h2-5H,6-8H2,1H3,(H,18,19). The summed E-state index contributed by atoms with van der Waals surface area (Å²) in [7, 11) is 1.62. The van der Waals surface area contributed by atoms with Gasteiger partial charge in [-0.2, -0.15) is 0 Å². The monoisotopic (exact) mass is 419 g/mol. The van der Waals surface area contributed by atoms with Crippen molar-refractivity contribution in [2.45, 2.75) is 11.7 Å². The molecule has 0 spiro atoms. The zero-order valence-electron chi connectivity index (χ0n) is 11.3. The number of ether oxygens (including phenoxy) is 1. The van der Waals surface area contributed by atoms with Gasteiger partial charge >= 0.3 is 5.97 Å². The van der Waals surface area contributed by atoms with Gasteiger partial charge in [0.15, 0.2) is 11.0 Å². The fraction of sp³-hybridized carbons (Fsp3) is 0.308. The fourth-order valence-electron chi connectivity index (χ4n) is 1.72. The smallest absolute Gasteiger partial charge is 0.313 e. The van der Waals surface area contributed by atoms with Gasteiger partial charge in [0.2, 0.25) is 0 Å². The molecule has 0 saturated heterocycles. The van der Waals surface area contributed by atoms with Gasteiger partial charge in [0.05, 0.1) is 18.9 Å². The number of aliphatic carboxylic acids is 1. The van der Waals surface area contributed by atoms with E-state index in [1.165, 1.54) is 0 Å². The van der Waals surface area contributed by atoms with Crippen LogP contribution in [0.1, 0.15) is 0 Å². The molecule has 1 aromatic carbocycles. The van der Waals surface area contributed by atoms with Crippen molar-refractivity contribution in [3.05, 3.63) is 27.8 Å². The van der Waals surface area contributed by atoms with Crippen molar-refractivity contribution < 1.29 is 14.6 Å². The third-order valence-electron chi connectivity index (χ3n) is 2.66. The maximum Gasteiger partial charge on any atom is 0.313 e. The number of methoxy groups -OCH3 is 1. The lowest BCUT2D eigenvalue weighted by Gasteiger charge is -2.09. The summed E-state index contributed by atoms with van der Waals surface area (Å²) in [4.78, 5) is 10.7. The van der Waals surface area contributed by atoms with Crippen molar-refractivity contribution in [1.29, 1.82) is 0 Å². The first-order chi connectivity index (χ1) is 10.1. The molecule has 21 heavy (non-hydrogen) atoms. The highest BCUT2D eigenvalue weighted by molar-refractivity contribution is 14.1. The topological polar surface area (TPSA) is 77.2 Å². The molecule has 0 radical (unpaired) electrons. The predicted molar refractivity (Wildman–Crippen MR) is 88.4 cm³/mol. The summed E-state index contributed by atoms with van der Waals surface area (Å²) in [6.07, 6.45) is 0. The molecule has 1 aromatic heterocycles. The summed E-state index contributed by atoms with van der Waals surface area (Å²) in [5.74, 6) is -0.203. The molecule has 2 rings (SSSR count). The van der Waals surface area contributed by atoms with Crippen LogP contribution in [0.2, 0.25) is 0 Å². The van der Waals surface area contributed by atoms with Crippen molar-refractivity contribution in [1.82, 2.24) is 14.8 Å². The Labute approximate surface area is 140 Å². The summed E-state index contributed by atoms with van der Waals surface area (Å²) in [6, 6.07) is 7.94. The van der Waals surface area contributed by atoms with Crippen LogP contribution in [0.3, 0.4) is 0 Å². The lowest BCUT2D eigenvalue weighted by molar-refractivity contribution is -0.133. The summed E-state index contributed by atoms with van der Waals surface area (Å²) in [5.41, 5.74) is 0.946. The van der Waals surface area contributed by atoms with E-state index in [9.17, 15) is 4.79 Å². The molecule has 8 heteroatoms. The van der Waals surface area contributed by atoms with E-state index in [1.54, 1.807) is 7.11 Å². The van der Waals surface area contributed by atoms with E-state index in [0.717, 1.165) is 26.7 Å². The Morgan fingerprint density at radius 1 is 1.38 bits per heavy atom. The lowest BCUT2D eigenvalue weighted by Crippen LogP contribution is -2.08. The van der Waals surface area contributed by atoms with Crippen LogP contribution in [0.4, 0.5) is 0 Å². The van der Waals surface area contributed by atoms with Crippen LogP contribution in [0.15, 0.2) is 29.4 Å². The van der Waals surface area contributed by atoms with Gasteiger partial charge in [0.1, 0.15) is 0 Å². The van der Waals surface area contributed by atoms with Gasteiger partial charge in [0, 0.05) is 16.2 Å². The first kappa shape index (κ1) is 16.2. The zero-order chi connectivity index (χ0) is 15.2. The van der Waals surface area contributed by atoms with E-state index in [4.69, 9.17) is 9.84 Å². The minimum Gasteiger partial charge on any atom is -0.481 e. The molecule has 2 aromatic rings. The molecule has 1 N–H and O–H groups in total. The number of thioether (sulfide) groups is 1. The Kier molecular flexibility index (Phi) is 6.00. The summed E-state index contributed by atoms with van der Waals surface area (Å²) >= 11 is 3.40. The SMILES string of the molecule is COCCn1c(SCC(=O)O)nnc1-c1ccc(I)cc1. The van der Waals surface area contributed by atoms with Crippen molar-refractivity contribution in [2.24, 2.45) is 0 Å². The zero-order valence-corrected chi connectivity index (χ0v) is 14.3.